The van der Waals surface area contributed by atoms with Crippen molar-refractivity contribution in [3.8, 4) is 0 Å². The topological polar surface area (TPSA) is 0 Å². The molecule has 0 bridgehead atoms. The van der Waals surface area contributed by atoms with Gasteiger partial charge < -0.3 is 0 Å². The molecule has 0 fully saturated rings. The van der Waals surface area contributed by atoms with Gasteiger partial charge in [-0.3, -0.25) is 0 Å². The molecule has 2 aromatic rings. The highest BCUT2D eigenvalue weighted by atomic mass is 79.9. The first-order chi connectivity index (χ1) is 8.97. The number of hydrogen-bond donors (Lipinski definition) is 0. The molecule has 0 spiro atoms. The predicted octanol–water partition coefficient (Wildman–Crippen LogP) is 6.21. The minimum Gasteiger partial charge on any atom is -0.113 e. The van der Waals surface area contributed by atoms with Crippen LogP contribution in [-0.4, -0.2) is 0 Å². The Kier molecular flexibility index (Phi) is 4.70. The molecule has 0 aromatic heterocycles. The standard InChI is InChI=1S/C17H18BrCl/c1-11(2)13-4-6-14(7-5-13)17(19)15-8-12(3)9-16(18)10-15/h4-11,17H,1-3H3. The van der Waals surface area contributed by atoms with Crippen molar-refractivity contribution in [3.05, 3.63) is 69.2 Å². The van der Waals surface area contributed by atoms with Crippen LogP contribution in [0.3, 0.4) is 0 Å². The minimum atomic E-state index is -0.0996. The van der Waals surface area contributed by atoms with Crippen LogP contribution in [0.1, 0.15) is 47.4 Å². The third-order valence-electron chi connectivity index (χ3n) is 3.25. The van der Waals surface area contributed by atoms with Gasteiger partial charge in [-0.2, -0.15) is 0 Å². The van der Waals surface area contributed by atoms with E-state index in [0.29, 0.717) is 5.92 Å². The molecule has 0 aliphatic heterocycles. The van der Waals surface area contributed by atoms with E-state index < -0.39 is 0 Å². The second-order valence-electron chi connectivity index (χ2n) is 5.25. The predicted molar refractivity (Wildman–Crippen MR) is 87.1 cm³/mol. The molecule has 0 aliphatic rings. The summed E-state index contributed by atoms with van der Waals surface area (Å²) in [4.78, 5) is 0. The Labute approximate surface area is 128 Å². The van der Waals surface area contributed by atoms with Gasteiger partial charge >= 0.3 is 0 Å². The third-order valence-corrected chi connectivity index (χ3v) is 4.21. The summed E-state index contributed by atoms with van der Waals surface area (Å²) < 4.78 is 1.08. The van der Waals surface area contributed by atoms with E-state index in [9.17, 15) is 0 Å². The van der Waals surface area contributed by atoms with Gasteiger partial charge in [0.05, 0.1) is 5.38 Å². The lowest BCUT2D eigenvalue weighted by molar-refractivity contribution is 0.865. The number of hydrogen-bond acceptors (Lipinski definition) is 0. The van der Waals surface area contributed by atoms with Crippen LogP contribution < -0.4 is 0 Å². The van der Waals surface area contributed by atoms with Crippen molar-refractivity contribution in [2.45, 2.75) is 32.1 Å². The summed E-state index contributed by atoms with van der Waals surface area (Å²) in [6.07, 6.45) is 0. The molecule has 0 aliphatic carbocycles. The SMILES string of the molecule is Cc1cc(Br)cc(C(Cl)c2ccc(C(C)C)cc2)c1. The summed E-state index contributed by atoms with van der Waals surface area (Å²) >= 11 is 10.1. The highest BCUT2D eigenvalue weighted by Gasteiger charge is 2.12. The van der Waals surface area contributed by atoms with Crippen LogP contribution >= 0.6 is 27.5 Å². The monoisotopic (exact) mass is 336 g/mol. The van der Waals surface area contributed by atoms with Crippen molar-refractivity contribution in [3.63, 3.8) is 0 Å². The molecular weight excluding hydrogens is 320 g/mol. The zero-order valence-electron chi connectivity index (χ0n) is 11.5. The normalized spacial score (nSPS) is 12.7. The maximum absolute atomic E-state index is 6.59. The van der Waals surface area contributed by atoms with Crippen molar-refractivity contribution >= 4 is 27.5 Å². The fraction of sp³-hybridized carbons (Fsp3) is 0.294. The fourth-order valence-corrected chi connectivity index (χ4v) is 3.05. The summed E-state index contributed by atoms with van der Waals surface area (Å²) in [5, 5.41) is -0.0996. The van der Waals surface area contributed by atoms with Crippen LogP contribution in [0.4, 0.5) is 0 Å². The molecule has 0 saturated carbocycles. The van der Waals surface area contributed by atoms with E-state index in [1.807, 2.05) is 0 Å². The molecule has 0 nitrogen and oxygen atoms in total. The first-order valence-corrected chi connectivity index (χ1v) is 7.71. The lowest BCUT2D eigenvalue weighted by atomic mass is 9.98. The second-order valence-corrected chi connectivity index (χ2v) is 6.60. The number of alkyl halides is 1. The van der Waals surface area contributed by atoms with Gasteiger partial charge in [0.1, 0.15) is 0 Å². The van der Waals surface area contributed by atoms with Crippen molar-refractivity contribution in [2.75, 3.05) is 0 Å². The van der Waals surface area contributed by atoms with E-state index in [2.05, 4.69) is 79.2 Å². The summed E-state index contributed by atoms with van der Waals surface area (Å²) in [5.74, 6) is 0.552. The van der Waals surface area contributed by atoms with Crippen molar-refractivity contribution < 1.29 is 0 Å². The fourth-order valence-electron chi connectivity index (χ4n) is 2.15. The summed E-state index contributed by atoms with van der Waals surface area (Å²) in [5.41, 5.74) is 4.83. The Bertz CT molecular complexity index is 538. The van der Waals surface area contributed by atoms with Crippen molar-refractivity contribution in [2.24, 2.45) is 0 Å². The quantitative estimate of drug-likeness (QED) is 0.584. The molecule has 1 unspecified atom stereocenters. The maximum Gasteiger partial charge on any atom is 0.0835 e. The molecule has 2 aromatic carbocycles. The molecule has 0 saturated heterocycles. The van der Waals surface area contributed by atoms with Crippen LogP contribution in [0.2, 0.25) is 0 Å². The van der Waals surface area contributed by atoms with Crippen LogP contribution in [-0.2, 0) is 0 Å². The molecule has 2 rings (SSSR count). The van der Waals surface area contributed by atoms with Gasteiger partial charge in [-0.1, -0.05) is 60.1 Å². The molecule has 2 heteroatoms. The van der Waals surface area contributed by atoms with Crippen molar-refractivity contribution in [1.29, 1.82) is 0 Å². The lowest BCUT2D eigenvalue weighted by Crippen LogP contribution is -1.95. The Balaban J connectivity index is 2.30. The smallest absolute Gasteiger partial charge is 0.0835 e. The highest BCUT2D eigenvalue weighted by Crippen LogP contribution is 2.32. The molecule has 1 atom stereocenters. The first kappa shape index (κ1) is 14.6. The minimum absolute atomic E-state index is 0.0996. The van der Waals surface area contributed by atoms with E-state index >= 15 is 0 Å². The van der Waals surface area contributed by atoms with E-state index in [1.54, 1.807) is 0 Å². The average molecular weight is 338 g/mol. The number of aryl methyl sites for hydroxylation is 1. The largest absolute Gasteiger partial charge is 0.113 e. The van der Waals surface area contributed by atoms with Crippen LogP contribution in [0, 0.1) is 6.92 Å². The number of halogens is 2. The summed E-state index contributed by atoms with van der Waals surface area (Å²) in [7, 11) is 0. The Hall–Kier alpha value is -0.790. The number of benzene rings is 2. The Morgan fingerprint density at radius 2 is 1.47 bits per heavy atom. The highest BCUT2D eigenvalue weighted by molar-refractivity contribution is 9.10. The van der Waals surface area contributed by atoms with E-state index in [-0.39, 0.29) is 5.38 Å². The van der Waals surface area contributed by atoms with Crippen molar-refractivity contribution in [1.82, 2.24) is 0 Å². The first-order valence-electron chi connectivity index (χ1n) is 6.48. The lowest BCUT2D eigenvalue weighted by Gasteiger charge is -2.13. The molecule has 0 N–H and O–H groups in total. The summed E-state index contributed by atoms with van der Waals surface area (Å²) in [6.45, 7) is 6.48. The average Bonchev–Trinajstić information content (AvgIpc) is 2.37. The van der Waals surface area contributed by atoms with E-state index in [4.69, 9.17) is 11.6 Å². The van der Waals surface area contributed by atoms with Crippen LogP contribution in [0.15, 0.2) is 46.9 Å². The van der Waals surface area contributed by atoms with Gasteiger partial charge in [0.25, 0.3) is 0 Å². The Morgan fingerprint density at radius 3 is 2.00 bits per heavy atom. The van der Waals surface area contributed by atoms with Gasteiger partial charge in [-0.25, -0.2) is 0 Å². The number of rotatable bonds is 3. The Morgan fingerprint density at radius 1 is 0.895 bits per heavy atom. The molecule has 19 heavy (non-hydrogen) atoms. The molecule has 0 amide bonds. The zero-order valence-corrected chi connectivity index (χ0v) is 13.8. The van der Waals surface area contributed by atoms with Gasteiger partial charge in [-0.05, 0) is 47.2 Å². The van der Waals surface area contributed by atoms with Crippen LogP contribution in [0.5, 0.6) is 0 Å². The molecule has 0 heterocycles. The zero-order chi connectivity index (χ0) is 14.0. The van der Waals surface area contributed by atoms with Gasteiger partial charge in [0.2, 0.25) is 0 Å². The van der Waals surface area contributed by atoms with E-state index in [1.165, 1.54) is 11.1 Å². The molecule has 100 valence electrons. The maximum atomic E-state index is 6.59. The van der Waals surface area contributed by atoms with Gasteiger partial charge in [-0.15, -0.1) is 11.6 Å². The third kappa shape index (κ3) is 3.61. The van der Waals surface area contributed by atoms with E-state index in [0.717, 1.165) is 15.6 Å². The molecule has 0 radical (unpaired) electrons. The van der Waals surface area contributed by atoms with Gasteiger partial charge in [0.15, 0.2) is 0 Å². The molecular formula is C17H18BrCl. The van der Waals surface area contributed by atoms with Crippen LogP contribution in [0.25, 0.3) is 0 Å². The second kappa shape index (κ2) is 6.11. The van der Waals surface area contributed by atoms with Gasteiger partial charge in [0, 0.05) is 4.47 Å². The summed E-state index contributed by atoms with van der Waals surface area (Å²) in [6, 6.07) is 14.9.